The molecule has 0 amide bonds. The summed E-state index contributed by atoms with van der Waals surface area (Å²) in [5.41, 5.74) is -1.50. The minimum Gasteiger partial charge on any atom is -0.454 e. The Morgan fingerprint density at radius 3 is 2.55 bits per heavy atom. The van der Waals surface area contributed by atoms with Crippen molar-refractivity contribution in [3.8, 4) is 0 Å². The lowest BCUT2D eigenvalue weighted by Crippen LogP contribution is -2.77. The second-order valence-electron chi connectivity index (χ2n) is 11.7. The lowest BCUT2D eigenvalue weighted by Gasteiger charge is -2.68. The molecule has 4 fully saturated rings. The Morgan fingerprint density at radius 1 is 1.27 bits per heavy atom. The van der Waals surface area contributed by atoms with Gasteiger partial charge in [-0.3, -0.25) is 4.79 Å². The SMILES string of the molecule is C=C[C@@H]1O[C@@H]2C3=C(C)[C@@H](O)C[C@@](O)([C@@H](C)[C@H]4[C@@](C)(CC[C@H]5OC[C@]54OC(C)=O)[C@@H]2O1)C3(C)C. The summed E-state index contributed by atoms with van der Waals surface area (Å²) in [7, 11) is 0. The van der Waals surface area contributed by atoms with Crippen molar-refractivity contribution in [2.75, 3.05) is 6.61 Å². The second kappa shape index (κ2) is 7.14. The van der Waals surface area contributed by atoms with E-state index < -0.39 is 40.5 Å². The quantitative estimate of drug-likeness (QED) is 0.481. The fourth-order valence-corrected chi connectivity index (χ4v) is 8.39. The van der Waals surface area contributed by atoms with E-state index in [1.807, 2.05) is 27.7 Å². The molecule has 7 nitrogen and oxygen atoms in total. The minimum absolute atomic E-state index is 0.214. The van der Waals surface area contributed by atoms with Gasteiger partial charge in [0.15, 0.2) is 11.9 Å². The highest BCUT2D eigenvalue weighted by Crippen LogP contribution is 2.67. The molecule has 2 heterocycles. The first-order chi connectivity index (χ1) is 15.3. The molecule has 0 aromatic carbocycles. The molecular weight excluding hydrogens is 424 g/mol. The molecule has 5 rings (SSSR count). The van der Waals surface area contributed by atoms with Gasteiger partial charge in [-0.2, -0.15) is 0 Å². The third-order valence-corrected chi connectivity index (χ3v) is 9.97. The van der Waals surface area contributed by atoms with Gasteiger partial charge in [0, 0.05) is 30.1 Å². The maximum atomic E-state index is 12.5. The highest BCUT2D eigenvalue weighted by Gasteiger charge is 2.74. The molecule has 0 spiro atoms. The first kappa shape index (κ1) is 23.5. The topological polar surface area (TPSA) is 94.5 Å². The van der Waals surface area contributed by atoms with Crippen LogP contribution in [0.5, 0.6) is 0 Å². The van der Waals surface area contributed by atoms with Crippen LogP contribution in [0, 0.1) is 22.7 Å². The van der Waals surface area contributed by atoms with Crippen LogP contribution in [0.15, 0.2) is 23.8 Å². The molecule has 184 valence electrons. The summed E-state index contributed by atoms with van der Waals surface area (Å²) in [6, 6.07) is 0. The molecule has 2 saturated carbocycles. The molecule has 0 radical (unpaired) electrons. The van der Waals surface area contributed by atoms with Crippen LogP contribution in [-0.4, -0.2) is 64.7 Å². The monoisotopic (exact) mass is 462 g/mol. The zero-order chi connectivity index (χ0) is 24.1. The van der Waals surface area contributed by atoms with Crippen LogP contribution in [0.4, 0.5) is 0 Å². The molecule has 2 bridgehead atoms. The Morgan fingerprint density at radius 2 is 1.97 bits per heavy atom. The van der Waals surface area contributed by atoms with Crippen molar-refractivity contribution in [2.45, 2.75) is 103 Å². The second-order valence-corrected chi connectivity index (χ2v) is 11.7. The lowest BCUT2D eigenvalue weighted by molar-refractivity contribution is -0.337. The lowest BCUT2D eigenvalue weighted by atomic mass is 9.43. The maximum Gasteiger partial charge on any atom is 0.303 e. The predicted octanol–water partition coefficient (Wildman–Crippen LogP) is 2.89. The van der Waals surface area contributed by atoms with E-state index in [4.69, 9.17) is 18.9 Å². The van der Waals surface area contributed by atoms with Crippen molar-refractivity contribution < 1.29 is 34.0 Å². The number of aliphatic hydroxyl groups is 2. The van der Waals surface area contributed by atoms with Crippen LogP contribution in [0.2, 0.25) is 0 Å². The van der Waals surface area contributed by atoms with Gasteiger partial charge < -0.3 is 29.2 Å². The summed E-state index contributed by atoms with van der Waals surface area (Å²) in [5.74, 6) is -0.914. The standard InChI is InChI=1S/C26H38O7/c1-8-18-31-20-19-13(2)16(28)11-26(29,23(19,5)6)14(3)21-24(7,22(20)32-18)10-9-17-25(21,12-30-17)33-15(4)27/h8,14,16-18,20-22,28-29H,1,9-12H2,2-7H3/t14-,16-,17+,18+,20+,21-,22+,24+,25-,26+/m0/s1. The maximum absolute atomic E-state index is 12.5. The van der Waals surface area contributed by atoms with Gasteiger partial charge in [-0.25, -0.2) is 0 Å². The highest BCUT2D eigenvalue weighted by molar-refractivity contribution is 5.67. The predicted molar refractivity (Wildman–Crippen MR) is 120 cm³/mol. The molecule has 5 aliphatic rings. The Balaban J connectivity index is 1.78. The Hall–Kier alpha value is -1.25. The van der Waals surface area contributed by atoms with Crippen LogP contribution in [0.1, 0.15) is 60.8 Å². The highest BCUT2D eigenvalue weighted by atomic mass is 16.7. The van der Waals surface area contributed by atoms with Gasteiger partial charge in [0.1, 0.15) is 12.2 Å². The number of esters is 1. The number of hydrogen-bond donors (Lipinski definition) is 2. The number of rotatable bonds is 2. The molecule has 0 aromatic rings. The normalized spacial score (nSPS) is 52.4. The zero-order valence-corrected chi connectivity index (χ0v) is 20.6. The minimum atomic E-state index is -1.25. The molecule has 0 unspecified atom stereocenters. The van der Waals surface area contributed by atoms with Gasteiger partial charge in [-0.15, -0.1) is 0 Å². The van der Waals surface area contributed by atoms with Gasteiger partial charge in [0.25, 0.3) is 0 Å². The summed E-state index contributed by atoms with van der Waals surface area (Å²) >= 11 is 0. The third kappa shape index (κ3) is 2.77. The van der Waals surface area contributed by atoms with Gasteiger partial charge in [0.05, 0.1) is 24.4 Å². The number of hydrogen-bond acceptors (Lipinski definition) is 7. The van der Waals surface area contributed by atoms with Gasteiger partial charge in [0.2, 0.25) is 0 Å². The van der Waals surface area contributed by atoms with E-state index in [2.05, 4.69) is 13.5 Å². The largest absolute Gasteiger partial charge is 0.454 e. The smallest absolute Gasteiger partial charge is 0.303 e. The van der Waals surface area contributed by atoms with E-state index in [0.29, 0.717) is 6.61 Å². The fourth-order valence-electron chi connectivity index (χ4n) is 8.39. The first-order valence-electron chi connectivity index (χ1n) is 12.2. The van der Waals surface area contributed by atoms with Crippen molar-refractivity contribution >= 4 is 5.97 Å². The average Bonchev–Trinajstić information content (AvgIpc) is 3.14. The summed E-state index contributed by atoms with van der Waals surface area (Å²) in [6.07, 6.45) is 1.00. The van der Waals surface area contributed by atoms with E-state index in [1.54, 1.807) is 6.08 Å². The van der Waals surface area contributed by atoms with Crippen LogP contribution in [0.25, 0.3) is 0 Å². The van der Waals surface area contributed by atoms with Crippen LogP contribution in [-0.2, 0) is 23.7 Å². The summed E-state index contributed by atoms with van der Waals surface area (Å²) in [5, 5.41) is 23.6. The van der Waals surface area contributed by atoms with Crippen molar-refractivity contribution in [1.82, 2.24) is 0 Å². The number of ether oxygens (including phenoxy) is 4. The van der Waals surface area contributed by atoms with Gasteiger partial charge in [-0.05, 0) is 42.9 Å². The Bertz CT molecular complexity index is 910. The van der Waals surface area contributed by atoms with Gasteiger partial charge >= 0.3 is 5.97 Å². The van der Waals surface area contributed by atoms with Crippen molar-refractivity contribution in [3.63, 3.8) is 0 Å². The number of aliphatic hydroxyl groups excluding tert-OH is 1. The number of fused-ring (bicyclic) bond motifs is 8. The number of carbonyl (C=O) groups excluding carboxylic acids is 1. The number of carbonyl (C=O) groups is 1. The van der Waals surface area contributed by atoms with E-state index in [9.17, 15) is 15.0 Å². The van der Waals surface area contributed by atoms with Crippen LogP contribution in [0.3, 0.4) is 0 Å². The molecule has 3 aliphatic carbocycles. The van der Waals surface area contributed by atoms with Crippen LogP contribution < -0.4 is 0 Å². The molecule has 0 aromatic heterocycles. The molecule has 10 atom stereocenters. The summed E-state index contributed by atoms with van der Waals surface area (Å²) in [4.78, 5) is 12.3. The molecule has 7 heteroatoms. The van der Waals surface area contributed by atoms with E-state index in [-0.39, 0.29) is 36.4 Å². The third-order valence-electron chi connectivity index (χ3n) is 9.97. The molecule has 2 aliphatic heterocycles. The van der Waals surface area contributed by atoms with Crippen molar-refractivity contribution in [2.24, 2.45) is 22.7 Å². The molecule has 2 N–H and O–H groups in total. The summed E-state index contributed by atoms with van der Waals surface area (Å²) in [6.45, 7) is 15.9. The fraction of sp³-hybridized carbons (Fsp3) is 0.808. The Kier molecular flexibility index (Phi) is 5.08. The van der Waals surface area contributed by atoms with Crippen molar-refractivity contribution in [3.05, 3.63) is 23.8 Å². The Labute approximate surface area is 196 Å². The van der Waals surface area contributed by atoms with E-state index >= 15 is 0 Å². The molecule has 2 saturated heterocycles. The van der Waals surface area contributed by atoms with E-state index in [0.717, 1.165) is 24.0 Å². The average molecular weight is 463 g/mol. The van der Waals surface area contributed by atoms with E-state index in [1.165, 1.54) is 6.92 Å². The van der Waals surface area contributed by atoms with Crippen LogP contribution >= 0.6 is 0 Å². The summed E-state index contributed by atoms with van der Waals surface area (Å²) < 4.78 is 25.0. The first-order valence-corrected chi connectivity index (χ1v) is 12.2. The zero-order valence-electron chi connectivity index (χ0n) is 20.6. The molecular formula is C26H38O7. The molecule has 33 heavy (non-hydrogen) atoms. The van der Waals surface area contributed by atoms with Crippen molar-refractivity contribution in [1.29, 1.82) is 0 Å². The van der Waals surface area contributed by atoms with Gasteiger partial charge in [-0.1, -0.05) is 34.3 Å².